The zero-order valence-electron chi connectivity index (χ0n) is 8.56. The lowest BCUT2D eigenvalue weighted by atomic mass is 10.1. The molecule has 0 fully saturated rings. The summed E-state index contributed by atoms with van der Waals surface area (Å²) in [7, 11) is 1.42. The maximum absolute atomic E-state index is 10.1. The van der Waals surface area contributed by atoms with Crippen LogP contribution in [0.5, 0.6) is 17.2 Å². The van der Waals surface area contributed by atoms with Crippen molar-refractivity contribution >= 4 is 6.29 Å². The van der Waals surface area contributed by atoms with Crippen LogP contribution in [0.2, 0.25) is 0 Å². The molecule has 0 saturated heterocycles. The molecule has 4 heteroatoms. The highest BCUT2D eigenvalue weighted by Crippen LogP contribution is 2.36. The van der Waals surface area contributed by atoms with E-state index in [1.165, 1.54) is 13.2 Å². The number of hydrogen-bond acceptors (Lipinski definition) is 4. The zero-order valence-corrected chi connectivity index (χ0v) is 8.56. The number of aromatic hydroxyl groups is 2. The molecule has 0 saturated carbocycles. The smallest absolute Gasteiger partial charge is 0.200 e. The van der Waals surface area contributed by atoms with Crippen LogP contribution in [-0.2, 0) is 11.2 Å². The van der Waals surface area contributed by atoms with Crippen molar-refractivity contribution in [2.24, 2.45) is 0 Å². The van der Waals surface area contributed by atoms with E-state index >= 15 is 0 Å². The molecular weight excluding hydrogens is 196 g/mol. The molecule has 0 radical (unpaired) electrons. The molecule has 0 bridgehead atoms. The first kappa shape index (κ1) is 11.4. The maximum Gasteiger partial charge on any atom is 0.200 e. The number of phenols is 2. The predicted molar refractivity (Wildman–Crippen MR) is 55.3 cm³/mol. The summed E-state index contributed by atoms with van der Waals surface area (Å²) in [5.41, 5.74) is 0.837. The number of methoxy groups -OCH3 is 1. The van der Waals surface area contributed by atoms with E-state index in [2.05, 4.69) is 0 Å². The molecule has 0 aliphatic rings. The molecule has 15 heavy (non-hydrogen) atoms. The van der Waals surface area contributed by atoms with Gasteiger partial charge >= 0.3 is 0 Å². The molecule has 4 nitrogen and oxygen atoms in total. The van der Waals surface area contributed by atoms with E-state index in [1.807, 2.05) is 0 Å². The fourth-order valence-electron chi connectivity index (χ4n) is 1.34. The fourth-order valence-corrected chi connectivity index (χ4v) is 1.34. The Morgan fingerprint density at radius 1 is 1.40 bits per heavy atom. The lowest BCUT2D eigenvalue weighted by Crippen LogP contribution is -1.90. The van der Waals surface area contributed by atoms with Crippen molar-refractivity contribution in [2.45, 2.75) is 19.3 Å². The third-order valence-electron chi connectivity index (χ3n) is 2.12. The summed E-state index contributed by atoms with van der Waals surface area (Å²) in [6.45, 7) is 0. The first-order valence-electron chi connectivity index (χ1n) is 4.71. The van der Waals surface area contributed by atoms with Crippen LogP contribution in [0.3, 0.4) is 0 Å². The molecule has 0 aliphatic heterocycles. The van der Waals surface area contributed by atoms with Crippen molar-refractivity contribution in [3.05, 3.63) is 17.7 Å². The summed E-state index contributed by atoms with van der Waals surface area (Å²) in [6.07, 6.45) is 2.74. The van der Waals surface area contributed by atoms with Gasteiger partial charge in [-0.2, -0.15) is 0 Å². The minimum absolute atomic E-state index is 0.199. The number of hydrogen-bond donors (Lipinski definition) is 2. The number of rotatable bonds is 5. The van der Waals surface area contributed by atoms with Crippen molar-refractivity contribution < 1.29 is 19.7 Å². The Balaban J connectivity index is 2.81. The Bertz CT molecular complexity index is 347. The standard InChI is InChI=1S/C11H14O4/c1-15-10-7-8(4-2-3-5-12)6-9(13)11(10)14/h5-7,13-14H,2-4H2,1H3. The molecular formula is C11H14O4. The molecule has 1 aromatic rings. The third kappa shape index (κ3) is 2.87. The second-order valence-electron chi connectivity index (χ2n) is 3.22. The molecule has 0 atom stereocenters. The molecule has 2 N–H and O–H groups in total. The zero-order chi connectivity index (χ0) is 11.3. The van der Waals surface area contributed by atoms with Crippen LogP contribution in [0.15, 0.2) is 12.1 Å². The Morgan fingerprint density at radius 3 is 2.73 bits per heavy atom. The summed E-state index contributed by atoms with van der Waals surface area (Å²) >= 11 is 0. The molecule has 0 spiro atoms. The second kappa shape index (κ2) is 5.24. The lowest BCUT2D eigenvalue weighted by Gasteiger charge is -2.08. The summed E-state index contributed by atoms with van der Waals surface area (Å²) in [6, 6.07) is 3.13. The van der Waals surface area contributed by atoms with Gasteiger partial charge in [-0.3, -0.25) is 0 Å². The summed E-state index contributed by atoms with van der Waals surface area (Å²) in [5, 5.41) is 18.7. The van der Waals surface area contributed by atoms with E-state index in [1.54, 1.807) is 6.07 Å². The number of carbonyl (C=O) groups is 1. The Hall–Kier alpha value is -1.71. The Kier molecular flexibility index (Phi) is 3.97. The molecule has 0 aliphatic carbocycles. The number of aldehydes is 1. The van der Waals surface area contributed by atoms with E-state index in [4.69, 9.17) is 4.74 Å². The van der Waals surface area contributed by atoms with Gasteiger partial charge in [0.15, 0.2) is 11.5 Å². The van der Waals surface area contributed by atoms with Crippen LogP contribution >= 0.6 is 0 Å². The molecule has 1 rings (SSSR count). The molecule has 0 aromatic heterocycles. The average Bonchev–Trinajstić information content (AvgIpc) is 2.23. The van der Waals surface area contributed by atoms with E-state index in [9.17, 15) is 15.0 Å². The average molecular weight is 210 g/mol. The van der Waals surface area contributed by atoms with Crippen molar-refractivity contribution in [3.8, 4) is 17.2 Å². The van der Waals surface area contributed by atoms with Gasteiger partial charge in [0.25, 0.3) is 0 Å². The number of unbranched alkanes of at least 4 members (excludes halogenated alkanes) is 1. The number of carbonyl (C=O) groups excluding carboxylic acids is 1. The van der Waals surface area contributed by atoms with Crippen LogP contribution in [0.1, 0.15) is 18.4 Å². The maximum atomic E-state index is 10.1. The van der Waals surface area contributed by atoms with Gasteiger partial charge < -0.3 is 19.7 Å². The van der Waals surface area contributed by atoms with Gasteiger partial charge in [-0.05, 0) is 30.5 Å². The number of benzene rings is 1. The van der Waals surface area contributed by atoms with E-state index in [-0.39, 0.29) is 17.2 Å². The first-order chi connectivity index (χ1) is 7.19. The number of ether oxygens (including phenoxy) is 1. The highest BCUT2D eigenvalue weighted by molar-refractivity contribution is 5.52. The Labute approximate surface area is 88.1 Å². The third-order valence-corrected chi connectivity index (χ3v) is 2.12. The van der Waals surface area contributed by atoms with Gasteiger partial charge in [0.05, 0.1) is 7.11 Å². The molecule has 0 unspecified atom stereocenters. The van der Waals surface area contributed by atoms with Gasteiger partial charge in [-0.25, -0.2) is 0 Å². The largest absolute Gasteiger partial charge is 0.504 e. The molecule has 0 amide bonds. The summed E-state index contributed by atoms with van der Waals surface area (Å²) < 4.78 is 4.89. The van der Waals surface area contributed by atoms with Gasteiger partial charge in [-0.15, -0.1) is 0 Å². The highest BCUT2D eigenvalue weighted by Gasteiger charge is 2.09. The summed E-state index contributed by atoms with van der Waals surface area (Å²) in [5.74, 6) is -0.205. The predicted octanol–water partition coefficient (Wildman–Crippen LogP) is 1.63. The number of aryl methyl sites for hydroxylation is 1. The lowest BCUT2D eigenvalue weighted by molar-refractivity contribution is -0.107. The topological polar surface area (TPSA) is 66.8 Å². The highest BCUT2D eigenvalue weighted by atomic mass is 16.5. The second-order valence-corrected chi connectivity index (χ2v) is 3.22. The van der Waals surface area contributed by atoms with Crippen LogP contribution in [0, 0.1) is 0 Å². The van der Waals surface area contributed by atoms with Crippen molar-refractivity contribution in [1.29, 1.82) is 0 Å². The number of phenolic OH excluding ortho intramolecular Hbond substituents is 2. The van der Waals surface area contributed by atoms with Crippen molar-refractivity contribution in [2.75, 3.05) is 7.11 Å². The van der Waals surface area contributed by atoms with Gasteiger partial charge in [-0.1, -0.05) is 0 Å². The van der Waals surface area contributed by atoms with Crippen LogP contribution in [0.25, 0.3) is 0 Å². The molecule has 0 heterocycles. The van der Waals surface area contributed by atoms with E-state index in [0.29, 0.717) is 12.8 Å². The van der Waals surface area contributed by atoms with Crippen LogP contribution in [0.4, 0.5) is 0 Å². The first-order valence-corrected chi connectivity index (χ1v) is 4.71. The SMILES string of the molecule is COc1cc(CCCC=O)cc(O)c1O. The monoisotopic (exact) mass is 210 g/mol. The van der Waals surface area contributed by atoms with Crippen LogP contribution < -0.4 is 4.74 Å². The molecule has 1 aromatic carbocycles. The minimum Gasteiger partial charge on any atom is -0.504 e. The van der Waals surface area contributed by atoms with E-state index < -0.39 is 0 Å². The van der Waals surface area contributed by atoms with Gasteiger partial charge in [0, 0.05) is 6.42 Å². The minimum atomic E-state index is -0.253. The summed E-state index contributed by atoms with van der Waals surface area (Å²) in [4.78, 5) is 10.1. The normalized spacial score (nSPS) is 9.93. The Morgan fingerprint density at radius 2 is 2.13 bits per heavy atom. The molecule has 82 valence electrons. The van der Waals surface area contributed by atoms with Crippen molar-refractivity contribution in [3.63, 3.8) is 0 Å². The quantitative estimate of drug-likeness (QED) is 0.440. The van der Waals surface area contributed by atoms with Gasteiger partial charge in [0.1, 0.15) is 6.29 Å². The van der Waals surface area contributed by atoms with Crippen LogP contribution in [-0.4, -0.2) is 23.6 Å². The van der Waals surface area contributed by atoms with Crippen molar-refractivity contribution in [1.82, 2.24) is 0 Å². The van der Waals surface area contributed by atoms with E-state index in [0.717, 1.165) is 18.3 Å². The van der Waals surface area contributed by atoms with Gasteiger partial charge in [0.2, 0.25) is 5.75 Å². The fraction of sp³-hybridized carbons (Fsp3) is 0.364.